The summed E-state index contributed by atoms with van der Waals surface area (Å²) >= 11 is 0. The zero-order chi connectivity index (χ0) is 16.7. The van der Waals surface area contributed by atoms with E-state index in [2.05, 4.69) is 48.7 Å². The fraction of sp³-hybridized carbons (Fsp3) is 0.750. The highest BCUT2D eigenvalue weighted by molar-refractivity contribution is 5.06. The SMILES string of the molecule is CCn1c(C)nnc1CN1CCN(C)C(c2nc(C3CC3)no2)C1. The van der Waals surface area contributed by atoms with E-state index in [-0.39, 0.29) is 6.04 Å². The Balaban J connectivity index is 1.47. The third-order valence-corrected chi connectivity index (χ3v) is 5.11. The number of aromatic nitrogens is 5. The topological polar surface area (TPSA) is 76.1 Å². The van der Waals surface area contributed by atoms with E-state index in [0.29, 0.717) is 5.92 Å². The van der Waals surface area contributed by atoms with E-state index in [9.17, 15) is 0 Å². The molecule has 8 heteroatoms. The van der Waals surface area contributed by atoms with Crippen LogP contribution in [0.3, 0.4) is 0 Å². The monoisotopic (exact) mass is 331 g/mol. The molecule has 0 radical (unpaired) electrons. The van der Waals surface area contributed by atoms with E-state index in [1.807, 2.05) is 6.92 Å². The smallest absolute Gasteiger partial charge is 0.245 e. The predicted molar refractivity (Wildman–Crippen MR) is 87.4 cm³/mol. The summed E-state index contributed by atoms with van der Waals surface area (Å²) in [7, 11) is 2.13. The van der Waals surface area contributed by atoms with Crippen molar-refractivity contribution in [1.82, 2.24) is 34.7 Å². The molecule has 4 rings (SSSR count). The molecule has 2 aliphatic rings. The molecule has 1 aliphatic heterocycles. The summed E-state index contributed by atoms with van der Waals surface area (Å²) in [5, 5.41) is 12.7. The normalized spacial score (nSPS) is 23.0. The summed E-state index contributed by atoms with van der Waals surface area (Å²) in [5.74, 6) is 4.17. The van der Waals surface area contributed by atoms with Crippen molar-refractivity contribution in [3.05, 3.63) is 23.4 Å². The van der Waals surface area contributed by atoms with Gasteiger partial charge in [-0.3, -0.25) is 9.80 Å². The lowest BCUT2D eigenvalue weighted by atomic mass is 10.1. The van der Waals surface area contributed by atoms with Crippen molar-refractivity contribution in [2.45, 2.75) is 51.7 Å². The highest BCUT2D eigenvalue weighted by Gasteiger charge is 2.34. The second-order valence-corrected chi connectivity index (χ2v) is 6.90. The minimum atomic E-state index is 0.151. The molecule has 2 fully saturated rings. The van der Waals surface area contributed by atoms with Crippen LogP contribution in [0.1, 0.15) is 55.1 Å². The van der Waals surface area contributed by atoms with Crippen molar-refractivity contribution < 1.29 is 4.52 Å². The Bertz CT molecular complexity index is 705. The maximum atomic E-state index is 5.56. The summed E-state index contributed by atoms with van der Waals surface area (Å²) in [6.07, 6.45) is 2.38. The van der Waals surface area contributed by atoms with Gasteiger partial charge in [0.05, 0.1) is 6.54 Å². The molecule has 8 nitrogen and oxygen atoms in total. The van der Waals surface area contributed by atoms with Crippen LogP contribution in [-0.2, 0) is 13.1 Å². The van der Waals surface area contributed by atoms with Gasteiger partial charge in [-0.15, -0.1) is 10.2 Å². The fourth-order valence-electron chi connectivity index (χ4n) is 3.38. The van der Waals surface area contributed by atoms with Gasteiger partial charge in [-0.25, -0.2) is 0 Å². The average molecular weight is 331 g/mol. The van der Waals surface area contributed by atoms with Crippen LogP contribution in [0.5, 0.6) is 0 Å². The molecular formula is C16H25N7O. The number of piperazine rings is 1. The van der Waals surface area contributed by atoms with Crippen LogP contribution in [0.4, 0.5) is 0 Å². The van der Waals surface area contributed by atoms with E-state index in [0.717, 1.165) is 56.1 Å². The van der Waals surface area contributed by atoms with Gasteiger partial charge in [0.15, 0.2) is 5.82 Å². The molecule has 0 bridgehead atoms. The van der Waals surface area contributed by atoms with Crippen LogP contribution < -0.4 is 0 Å². The lowest BCUT2D eigenvalue weighted by molar-refractivity contribution is 0.0692. The molecule has 1 saturated heterocycles. The quantitative estimate of drug-likeness (QED) is 0.818. The van der Waals surface area contributed by atoms with Crippen LogP contribution >= 0.6 is 0 Å². The van der Waals surface area contributed by atoms with Gasteiger partial charge < -0.3 is 9.09 Å². The Hall–Kier alpha value is -1.80. The van der Waals surface area contributed by atoms with Crippen LogP contribution in [0.15, 0.2) is 4.52 Å². The molecule has 24 heavy (non-hydrogen) atoms. The maximum absolute atomic E-state index is 5.56. The van der Waals surface area contributed by atoms with Crippen molar-refractivity contribution in [3.63, 3.8) is 0 Å². The maximum Gasteiger partial charge on any atom is 0.245 e. The summed E-state index contributed by atoms with van der Waals surface area (Å²) in [5.41, 5.74) is 0. The van der Waals surface area contributed by atoms with Crippen molar-refractivity contribution in [2.75, 3.05) is 26.7 Å². The summed E-state index contributed by atoms with van der Waals surface area (Å²) in [6, 6.07) is 0.151. The Labute approximate surface area is 141 Å². The number of aryl methyl sites for hydroxylation is 1. The second kappa shape index (κ2) is 6.25. The van der Waals surface area contributed by atoms with Crippen LogP contribution in [-0.4, -0.2) is 61.4 Å². The van der Waals surface area contributed by atoms with E-state index in [1.54, 1.807) is 0 Å². The van der Waals surface area contributed by atoms with Crippen LogP contribution in [0.25, 0.3) is 0 Å². The molecule has 0 N–H and O–H groups in total. The molecule has 0 amide bonds. The van der Waals surface area contributed by atoms with E-state index >= 15 is 0 Å². The van der Waals surface area contributed by atoms with E-state index in [4.69, 9.17) is 4.52 Å². The first-order valence-corrected chi connectivity index (χ1v) is 8.80. The molecule has 2 aromatic rings. The molecule has 1 unspecified atom stereocenters. The first-order chi connectivity index (χ1) is 11.7. The molecule has 1 saturated carbocycles. The summed E-state index contributed by atoms with van der Waals surface area (Å²) in [4.78, 5) is 9.35. The molecule has 2 aromatic heterocycles. The third-order valence-electron chi connectivity index (χ3n) is 5.11. The van der Waals surface area contributed by atoms with Gasteiger partial charge in [0.2, 0.25) is 5.89 Å². The number of likely N-dealkylation sites (N-methyl/N-ethyl adjacent to an activating group) is 1. The van der Waals surface area contributed by atoms with Crippen molar-refractivity contribution in [1.29, 1.82) is 0 Å². The molecule has 0 aromatic carbocycles. The Morgan fingerprint density at radius 1 is 1.21 bits per heavy atom. The number of hydrogen-bond donors (Lipinski definition) is 0. The van der Waals surface area contributed by atoms with Gasteiger partial charge in [-0.2, -0.15) is 4.98 Å². The van der Waals surface area contributed by atoms with Gasteiger partial charge in [0, 0.05) is 32.1 Å². The largest absolute Gasteiger partial charge is 0.338 e. The zero-order valence-electron chi connectivity index (χ0n) is 14.6. The highest BCUT2D eigenvalue weighted by Crippen LogP contribution is 2.38. The molecule has 3 heterocycles. The fourth-order valence-corrected chi connectivity index (χ4v) is 3.38. The Morgan fingerprint density at radius 3 is 2.79 bits per heavy atom. The predicted octanol–water partition coefficient (Wildman–Crippen LogP) is 1.36. The van der Waals surface area contributed by atoms with E-state index in [1.165, 1.54) is 12.8 Å². The Kier molecular flexibility index (Phi) is 4.09. The van der Waals surface area contributed by atoms with Crippen molar-refractivity contribution in [2.24, 2.45) is 0 Å². The van der Waals surface area contributed by atoms with E-state index < -0.39 is 0 Å². The van der Waals surface area contributed by atoms with Gasteiger partial charge in [-0.1, -0.05) is 5.16 Å². The average Bonchev–Trinajstić information content (AvgIpc) is 3.21. The number of hydrogen-bond acceptors (Lipinski definition) is 7. The van der Waals surface area contributed by atoms with Gasteiger partial charge in [0.1, 0.15) is 17.7 Å². The number of rotatable bonds is 5. The lowest BCUT2D eigenvalue weighted by Crippen LogP contribution is -2.46. The highest BCUT2D eigenvalue weighted by atomic mass is 16.5. The first kappa shape index (κ1) is 15.7. The van der Waals surface area contributed by atoms with Gasteiger partial charge in [0.25, 0.3) is 0 Å². The van der Waals surface area contributed by atoms with Crippen LogP contribution in [0.2, 0.25) is 0 Å². The molecule has 1 atom stereocenters. The Morgan fingerprint density at radius 2 is 2.04 bits per heavy atom. The second-order valence-electron chi connectivity index (χ2n) is 6.90. The minimum Gasteiger partial charge on any atom is -0.338 e. The third kappa shape index (κ3) is 2.95. The standard InChI is InChI=1S/C16H25N7O/c1-4-23-11(2)18-19-14(23)10-22-8-7-21(3)13(9-22)16-17-15(20-24-16)12-5-6-12/h12-13H,4-10H2,1-3H3. The van der Waals surface area contributed by atoms with Crippen LogP contribution in [0, 0.1) is 6.92 Å². The first-order valence-electron chi connectivity index (χ1n) is 8.80. The minimum absolute atomic E-state index is 0.151. The lowest BCUT2D eigenvalue weighted by Gasteiger charge is -2.37. The summed E-state index contributed by atoms with van der Waals surface area (Å²) in [6.45, 7) is 8.70. The molecular weight excluding hydrogens is 306 g/mol. The van der Waals surface area contributed by atoms with Gasteiger partial charge in [-0.05, 0) is 33.7 Å². The van der Waals surface area contributed by atoms with Gasteiger partial charge >= 0.3 is 0 Å². The summed E-state index contributed by atoms with van der Waals surface area (Å²) < 4.78 is 7.73. The van der Waals surface area contributed by atoms with Crippen molar-refractivity contribution in [3.8, 4) is 0 Å². The van der Waals surface area contributed by atoms with Crippen molar-refractivity contribution >= 4 is 0 Å². The molecule has 0 spiro atoms. The zero-order valence-corrected chi connectivity index (χ0v) is 14.6. The molecule has 1 aliphatic carbocycles. The number of nitrogens with zero attached hydrogens (tertiary/aromatic N) is 7. The molecule has 130 valence electrons.